The summed E-state index contributed by atoms with van der Waals surface area (Å²) in [5.41, 5.74) is 0.525. The van der Waals surface area contributed by atoms with Gasteiger partial charge in [0.15, 0.2) is 9.84 Å². The van der Waals surface area contributed by atoms with Crippen LogP contribution in [0.25, 0.3) is 0 Å². The van der Waals surface area contributed by atoms with E-state index in [1.165, 1.54) is 12.1 Å². The molecule has 1 N–H and O–H groups in total. The van der Waals surface area contributed by atoms with Gasteiger partial charge in [0.2, 0.25) is 0 Å². The zero-order valence-corrected chi connectivity index (χ0v) is 10.7. The van der Waals surface area contributed by atoms with E-state index in [2.05, 4.69) is 5.32 Å². The predicted molar refractivity (Wildman–Crippen MR) is 66.7 cm³/mol. The van der Waals surface area contributed by atoms with Crippen molar-refractivity contribution in [3.63, 3.8) is 0 Å². The molecule has 1 fully saturated rings. The van der Waals surface area contributed by atoms with Gasteiger partial charge < -0.3 is 5.32 Å². The Bertz CT molecular complexity index is 498. The molecule has 0 spiro atoms. The Balaban J connectivity index is 2.10. The van der Waals surface area contributed by atoms with Crippen molar-refractivity contribution in [1.82, 2.24) is 0 Å². The third-order valence-corrected chi connectivity index (χ3v) is 4.74. The molecule has 1 unspecified atom stereocenters. The molecule has 1 saturated heterocycles. The van der Waals surface area contributed by atoms with Gasteiger partial charge in [-0.25, -0.2) is 12.8 Å². The number of anilines is 1. The van der Waals surface area contributed by atoms with Crippen LogP contribution >= 0.6 is 11.6 Å². The first-order valence-electron chi connectivity index (χ1n) is 5.38. The molecule has 17 heavy (non-hydrogen) atoms. The van der Waals surface area contributed by atoms with Crippen molar-refractivity contribution < 1.29 is 12.8 Å². The average molecular weight is 278 g/mol. The van der Waals surface area contributed by atoms with E-state index in [4.69, 9.17) is 11.6 Å². The molecule has 3 nitrogen and oxygen atoms in total. The van der Waals surface area contributed by atoms with E-state index >= 15 is 0 Å². The summed E-state index contributed by atoms with van der Waals surface area (Å²) in [5.74, 6) is -0.0883. The van der Waals surface area contributed by atoms with E-state index < -0.39 is 15.7 Å². The Morgan fingerprint density at radius 2 is 2.12 bits per heavy atom. The summed E-state index contributed by atoms with van der Waals surface area (Å²) in [4.78, 5) is 0. The van der Waals surface area contributed by atoms with Gasteiger partial charge in [-0.1, -0.05) is 11.6 Å². The first-order valence-corrected chi connectivity index (χ1v) is 7.58. The number of hydrogen-bond acceptors (Lipinski definition) is 3. The van der Waals surface area contributed by atoms with Gasteiger partial charge in [-0.2, -0.15) is 0 Å². The third kappa shape index (κ3) is 3.57. The van der Waals surface area contributed by atoms with Gasteiger partial charge in [0.05, 0.1) is 11.5 Å². The van der Waals surface area contributed by atoms with Crippen LogP contribution in [0.2, 0.25) is 5.02 Å². The number of hydrogen-bond donors (Lipinski definition) is 1. The van der Waals surface area contributed by atoms with Gasteiger partial charge in [-0.15, -0.1) is 0 Å². The lowest BCUT2D eigenvalue weighted by Crippen LogP contribution is -2.34. The highest BCUT2D eigenvalue weighted by atomic mass is 35.5. The SMILES string of the molecule is O=S1(=O)CCCC(Nc2cc(F)cc(Cl)c2)C1. The largest absolute Gasteiger partial charge is 0.381 e. The molecular weight excluding hydrogens is 265 g/mol. The minimum absolute atomic E-state index is 0.0983. The van der Waals surface area contributed by atoms with E-state index in [0.717, 1.165) is 6.42 Å². The molecule has 1 aliphatic rings. The fourth-order valence-corrected chi connectivity index (χ4v) is 3.87. The Labute approximate surface area is 105 Å². The molecule has 0 radical (unpaired) electrons. The average Bonchev–Trinajstić information content (AvgIpc) is 2.13. The standard InChI is InChI=1S/C11H13ClFNO2S/c12-8-4-9(13)6-11(5-8)14-10-2-1-3-17(15,16)7-10/h4-6,10,14H,1-3,7H2. The van der Waals surface area contributed by atoms with Gasteiger partial charge in [0, 0.05) is 16.8 Å². The van der Waals surface area contributed by atoms with Gasteiger partial charge >= 0.3 is 0 Å². The van der Waals surface area contributed by atoms with Gasteiger partial charge in [0.1, 0.15) is 5.82 Å². The van der Waals surface area contributed by atoms with E-state index in [1.54, 1.807) is 6.07 Å². The third-order valence-electron chi connectivity index (χ3n) is 2.70. The van der Waals surface area contributed by atoms with Crippen LogP contribution in [-0.4, -0.2) is 26.0 Å². The molecule has 1 heterocycles. The van der Waals surface area contributed by atoms with Crippen molar-refractivity contribution in [2.24, 2.45) is 0 Å². The molecule has 1 atom stereocenters. The smallest absolute Gasteiger partial charge is 0.152 e. The summed E-state index contributed by atoms with van der Waals surface area (Å²) in [5, 5.41) is 3.31. The topological polar surface area (TPSA) is 46.2 Å². The van der Waals surface area contributed by atoms with Gasteiger partial charge in [-0.3, -0.25) is 0 Å². The second kappa shape index (κ2) is 4.82. The predicted octanol–water partition coefficient (Wildman–Crippen LogP) is 2.47. The number of sulfone groups is 1. The fraction of sp³-hybridized carbons (Fsp3) is 0.455. The van der Waals surface area contributed by atoms with E-state index in [9.17, 15) is 12.8 Å². The lowest BCUT2D eigenvalue weighted by Gasteiger charge is -2.24. The summed E-state index contributed by atoms with van der Waals surface area (Å²) in [6, 6.07) is 3.95. The van der Waals surface area contributed by atoms with Gasteiger partial charge in [-0.05, 0) is 31.0 Å². The van der Waals surface area contributed by atoms with Crippen LogP contribution in [0.3, 0.4) is 0 Å². The maximum atomic E-state index is 13.1. The van der Waals surface area contributed by atoms with Crippen LogP contribution in [-0.2, 0) is 9.84 Å². The van der Waals surface area contributed by atoms with Crippen molar-refractivity contribution in [3.05, 3.63) is 29.0 Å². The molecule has 2 rings (SSSR count). The molecule has 1 aliphatic heterocycles. The summed E-state index contributed by atoms with van der Waals surface area (Å²) in [6.07, 6.45) is 1.41. The van der Waals surface area contributed by atoms with E-state index in [1.807, 2.05) is 0 Å². The number of nitrogens with one attached hydrogen (secondary N) is 1. The van der Waals surface area contributed by atoms with Crippen molar-refractivity contribution in [2.75, 3.05) is 16.8 Å². The fourth-order valence-electron chi connectivity index (χ4n) is 2.01. The second-order valence-electron chi connectivity index (χ2n) is 4.26. The van der Waals surface area contributed by atoms with Crippen LogP contribution in [0.1, 0.15) is 12.8 Å². The molecule has 0 aliphatic carbocycles. The second-order valence-corrected chi connectivity index (χ2v) is 6.92. The Kier molecular flexibility index (Phi) is 3.58. The lowest BCUT2D eigenvalue weighted by atomic mass is 10.1. The maximum Gasteiger partial charge on any atom is 0.152 e. The Morgan fingerprint density at radius 3 is 2.76 bits per heavy atom. The summed E-state index contributed by atoms with van der Waals surface area (Å²) in [7, 11) is -2.96. The Morgan fingerprint density at radius 1 is 1.35 bits per heavy atom. The van der Waals surface area contributed by atoms with Crippen molar-refractivity contribution in [1.29, 1.82) is 0 Å². The highest BCUT2D eigenvalue weighted by Gasteiger charge is 2.24. The first-order chi connectivity index (χ1) is 7.94. The van der Waals surface area contributed by atoms with Crippen LogP contribution < -0.4 is 5.32 Å². The molecule has 1 aromatic rings. The van der Waals surface area contributed by atoms with Crippen molar-refractivity contribution in [3.8, 4) is 0 Å². The normalized spacial score (nSPS) is 23.3. The summed E-state index contributed by atoms with van der Waals surface area (Å²) < 4.78 is 36.0. The zero-order valence-electron chi connectivity index (χ0n) is 9.12. The van der Waals surface area contributed by atoms with Gasteiger partial charge in [0.25, 0.3) is 0 Å². The summed E-state index contributed by atoms with van der Waals surface area (Å²) >= 11 is 5.73. The van der Waals surface area contributed by atoms with Crippen LogP contribution in [0, 0.1) is 5.82 Å². The molecule has 0 amide bonds. The lowest BCUT2D eigenvalue weighted by molar-refractivity contribution is 0.562. The van der Waals surface area contributed by atoms with Crippen LogP contribution in [0.5, 0.6) is 0 Å². The monoisotopic (exact) mass is 277 g/mol. The number of benzene rings is 1. The molecule has 0 aromatic heterocycles. The molecule has 94 valence electrons. The zero-order chi connectivity index (χ0) is 12.5. The highest BCUT2D eigenvalue weighted by Crippen LogP contribution is 2.21. The molecule has 1 aromatic carbocycles. The first kappa shape index (κ1) is 12.6. The minimum Gasteiger partial charge on any atom is -0.381 e. The molecular formula is C11H13ClFNO2S. The van der Waals surface area contributed by atoms with E-state index in [-0.39, 0.29) is 17.5 Å². The highest BCUT2D eigenvalue weighted by molar-refractivity contribution is 7.91. The quantitative estimate of drug-likeness (QED) is 0.903. The molecule has 0 saturated carbocycles. The van der Waals surface area contributed by atoms with Crippen LogP contribution in [0.4, 0.5) is 10.1 Å². The van der Waals surface area contributed by atoms with Crippen LogP contribution in [0.15, 0.2) is 18.2 Å². The maximum absolute atomic E-state index is 13.1. The number of rotatable bonds is 2. The molecule has 0 bridgehead atoms. The van der Waals surface area contributed by atoms with Crippen molar-refractivity contribution >= 4 is 27.1 Å². The molecule has 6 heteroatoms. The minimum atomic E-state index is -2.96. The number of halogens is 2. The summed E-state index contributed by atoms with van der Waals surface area (Å²) in [6.45, 7) is 0. The van der Waals surface area contributed by atoms with E-state index in [0.29, 0.717) is 17.1 Å². The van der Waals surface area contributed by atoms with Crippen molar-refractivity contribution in [2.45, 2.75) is 18.9 Å². The Hall–Kier alpha value is -0.810.